The number of aromatic nitrogens is 2. The van der Waals surface area contributed by atoms with Crippen molar-refractivity contribution >= 4 is 11.7 Å². The topological polar surface area (TPSA) is 65.4 Å². The number of benzene rings is 1. The molecule has 0 aliphatic carbocycles. The minimum absolute atomic E-state index is 0.0195. The third-order valence-corrected chi connectivity index (χ3v) is 3.81. The molecule has 1 unspecified atom stereocenters. The van der Waals surface area contributed by atoms with Gasteiger partial charge in [-0.1, -0.05) is 6.07 Å². The fraction of sp³-hybridized carbons (Fsp3) is 0.333. The number of rotatable bonds is 3. The van der Waals surface area contributed by atoms with Crippen LogP contribution in [0.3, 0.4) is 0 Å². The van der Waals surface area contributed by atoms with Crippen LogP contribution in [0.5, 0.6) is 11.5 Å². The summed E-state index contributed by atoms with van der Waals surface area (Å²) in [4.78, 5) is 12.0. The molecular weight excluding hydrogens is 270 g/mol. The van der Waals surface area contributed by atoms with Gasteiger partial charge in [-0.2, -0.15) is 5.10 Å². The van der Waals surface area contributed by atoms with Gasteiger partial charge in [-0.3, -0.25) is 9.48 Å². The second kappa shape index (κ2) is 5.12. The van der Waals surface area contributed by atoms with Crippen LogP contribution < -0.4 is 14.8 Å². The summed E-state index contributed by atoms with van der Waals surface area (Å²) < 4.78 is 12.4. The Morgan fingerprint density at radius 1 is 1.29 bits per heavy atom. The Morgan fingerprint density at radius 2 is 2.10 bits per heavy atom. The molecule has 1 N–H and O–H groups in total. The molecule has 3 rings (SSSR count). The highest BCUT2D eigenvalue weighted by Gasteiger charge is 2.31. The number of amides is 1. The highest BCUT2D eigenvalue weighted by atomic mass is 16.5. The van der Waals surface area contributed by atoms with E-state index < -0.39 is 0 Å². The van der Waals surface area contributed by atoms with Crippen molar-refractivity contribution in [1.82, 2.24) is 9.78 Å². The van der Waals surface area contributed by atoms with Crippen molar-refractivity contribution in [2.45, 2.75) is 12.3 Å². The van der Waals surface area contributed by atoms with E-state index in [-0.39, 0.29) is 11.8 Å². The van der Waals surface area contributed by atoms with Crippen LogP contribution in [-0.2, 0) is 11.8 Å². The summed E-state index contributed by atoms with van der Waals surface area (Å²) in [5, 5.41) is 7.10. The van der Waals surface area contributed by atoms with Crippen molar-refractivity contribution < 1.29 is 14.3 Å². The fourth-order valence-electron chi connectivity index (χ4n) is 2.72. The Labute approximate surface area is 122 Å². The van der Waals surface area contributed by atoms with Crippen LogP contribution in [0.1, 0.15) is 23.5 Å². The van der Waals surface area contributed by atoms with Gasteiger partial charge in [0, 0.05) is 36.6 Å². The number of nitrogens with zero attached hydrogens (tertiary/aromatic N) is 2. The molecule has 2 heterocycles. The Kier molecular flexibility index (Phi) is 3.29. The van der Waals surface area contributed by atoms with Gasteiger partial charge in [-0.25, -0.2) is 0 Å². The maximum absolute atomic E-state index is 12.0. The maximum atomic E-state index is 12.0. The van der Waals surface area contributed by atoms with Gasteiger partial charge in [0.25, 0.3) is 0 Å². The number of ether oxygens (including phenoxy) is 2. The predicted molar refractivity (Wildman–Crippen MR) is 77.8 cm³/mol. The van der Waals surface area contributed by atoms with Crippen LogP contribution in [0.4, 0.5) is 5.82 Å². The lowest BCUT2D eigenvalue weighted by molar-refractivity contribution is -0.116. The molecule has 6 heteroatoms. The number of hydrogen-bond donors (Lipinski definition) is 1. The molecule has 1 aliphatic heterocycles. The van der Waals surface area contributed by atoms with Crippen molar-refractivity contribution in [1.29, 1.82) is 0 Å². The lowest BCUT2D eigenvalue weighted by Gasteiger charge is -2.24. The molecule has 2 aromatic rings. The molecule has 1 atom stereocenters. The molecular formula is C15H17N3O3. The van der Waals surface area contributed by atoms with Crippen molar-refractivity contribution in [3.8, 4) is 11.5 Å². The van der Waals surface area contributed by atoms with E-state index in [1.165, 1.54) is 0 Å². The summed E-state index contributed by atoms with van der Waals surface area (Å²) in [5.74, 6) is 2.09. The van der Waals surface area contributed by atoms with Crippen LogP contribution in [0.15, 0.2) is 24.4 Å². The Hall–Kier alpha value is -2.50. The SMILES string of the molecule is COc1ccc(C2CC(=O)Nc3c2cnn3C)c(OC)c1. The number of carbonyl (C=O) groups excluding carboxylic acids is 1. The molecule has 0 spiro atoms. The predicted octanol–water partition coefficient (Wildman–Crippen LogP) is 1.91. The first-order valence-electron chi connectivity index (χ1n) is 6.67. The van der Waals surface area contributed by atoms with Crippen molar-refractivity contribution in [2.75, 3.05) is 19.5 Å². The number of aryl methyl sites for hydroxylation is 1. The first-order valence-corrected chi connectivity index (χ1v) is 6.67. The normalized spacial score (nSPS) is 17.1. The van der Waals surface area contributed by atoms with Crippen LogP contribution in [0, 0.1) is 0 Å². The summed E-state index contributed by atoms with van der Waals surface area (Å²) in [6, 6.07) is 5.65. The largest absolute Gasteiger partial charge is 0.497 e. The number of hydrogen-bond acceptors (Lipinski definition) is 4. The molecule has 0 fully saturated rings. The third-order valence-electron chi connectivity index (χ3n) is 3.81. The summed E-state index contributed by atoms with van der Waals surface area (Å²) in [7, 11) is 5.04. The maximum Gasteiger partial charge on any atom is 0.226 e. The van der Waals surface area contributed by atoms with Gasteiger partial charge in [-0.15, -0.1) is 0 Å². The van der Waals surface area contributed by atoms with Crippen LogP contribution in [0.2, 0.25) is 0 Å². The van der Waals surface area contributed by atoms with Gasteiger partial charge in [0.05, 0.1) is 20.4 Å². The second-order valence-electron chi connectivity index (χ2n) is 4.98. The van der Waals surface area contributed by atoms with E-state index in [0.717, 1.165) is 22.7 Å². The van der Waals surface area contributed by atoms with E-state index >= 15 is 0 Å². The summed E-state index contributed by atoms with van der Waals surface area (Å²) in [6.07, 6.45) is 2.17. The molecule has 0 bridgehead atoms. The molecule has 1 aromatic carbocycles. The van der Waals surface area contributed by atoms with Gasteiger partial charge < -0.3 is 14.8 Å². The number of fused-ring (bicyclic) bond motifs is 1. The van der Waals surface area contributed by atoms with Gasteiger partial charge in [-0.05, 0) is 6.07 Å². The molecule has 1 amide bonds. The van der Waals surface area contributed by atoms with E-state index in [1.807, 2.05) is 25.2 Å². The van der Waals surface area contributed by atoms with Crippen molar-refractivity contribution in [2.24, 2.45) is 7.05 Å². The zero-order chi connectivity index (χ0) is 15.0. The molecule has 0 radical (unpaired) electrons. The highest BCUT2D eigenvalue weighted by molar-refractivity contribution is 5.94. The first-order chi connectivity index (χ1) is 10.1. The summed E-state index contributed by atoms with van der Waals surface area (Å²) >= 11 is 0. The van der Waals surface area contributed by atoms with E-state index in [1.54, 1.807) is 25.1 Å². The number of carbonyl (C=O) groups is 1. The number of anilines is 1. The third kappa shape index (κ3) is 2.22. The van der Waals surface area contributed by atoms with E-state index in [2.05, 4.69) is 10.4 Å². The molecule has 0 saturated heterocycles. The van der Waals surface area contributed by atoms with E-state index in [0.29, 0.717) is 12.2 Å². The van der Waals surface area contributed by atoms with Crippen LogP contribution in [0.25, 0.3) is 0 Å². The fourth-order valence-corrected chi connectivity index (χ4v) is 2.72. The molecule has 1 aliphatic rings. The molecule has 1 aromatic heterocycles. The summed E-state index contributed by atoms with van der Waals surface area (Å²) in [6.45, 7) is 0. The number of methoxy groups -OCH3 is 2. The minimum atomic E-state index is -0.0664. The van der Waals surface area contributed by atoms with Gasteiger partial charge >= 0.3 is 0 Å². The van der Waals surface area contributed by atoms with Crippen molar-refractivity contribution in [3.63, 3.8) is 0 Å². The Morgan fingerprint density at radius 3 is 2.81 bits per heavy atom. The van der Waals surface area contributed by atoms with E-state index in [4.69, 9.17) is 9.47 Å². The zero-order valence-electron chi connectivity index (χ0n) is 12.2. The second-order valence-corrected chi connectivity index (χ2v) is 4.98. The average molecular weight is 287 g/mol. The average Bonchev–Trinajstić information content (AvgIpc) is 2.87. The van der Waals surface area contributed by atoms with Crippen LogP contribution >= 0.6 is 0 Å². The smallest absolute Gasteiger partial charge is 0.226 e. The lowest BCUT2D eigenvalue weighted by Crippen LogP contribution is -2.24. The van der Waals surface area contributed by atoms with Gasteiger partial charge in [0.1, 0.15) is 17.3 Å². The molecule has 6 nitrogen and oxygen atoms in total. The minimum Gasteiger partial charge on any atom is -0.497 e. The Balaban J connectivity index is 2.10. The first kappa shape index (κ1) is 13.5. The standard InChI is InChI=1S/C15H17N3O3/c1-18-15-12(8-16-18)11(7-14(19)17-15)10-5-4-9(20-2)6-13(10)21-3/h4-6,8,11H,7H2,1-3H3,(H,17,19). The monoisotopic (exact) mass is 287 g/mol. The van der Waals surface area contributed by atoms with Crippen molar-refractivity contribution in [3.05, 3.63) is 35.5 Å². The van der Waals surface area contributed by atoms with Gasteiger partial charge in [0.15, 0.2) is 0 Å². The summed E-state index contributed by atoms with van der Waals surface area (Å²) in [5.41, 5.74) is 1.96. The van der Waals surface area contributed by atoms with Crippen LogP contribution in [-0.4, -0.2) is 29.9 Å². The molecule has 21 heavy (non-hydrogen) atoms. The Bertz CT molecular complexity index is 693. The quantitative estimate of drug-likeness (QED) is 0.936. The van der Waals surface area contributed by atoms with E-state index in [9.17, 15) is 4.79 Å². The van der Waals surface area contributed by atoms with Gasteiger partial charge in [0.2, 0.25) is 5.91 Å². The zero-order valence-corrected chi connectivity index (χ0v) is 12.2. The number of nitrogens with one attached hydrogen (secondary N) is 1. The molecule has 110 valence electrons. The molecule has 0 saturated carbocycles. The highest BCUT2D eigenvalue weighted by Crippen LogP contribution is 2.41. The lowest BCUT2D eigenvalue weighted by atomic mass is 9.86.